The minimum Gasteiger partial charge on any atom is -0.480 e. The molecule has 0 aliphatic heterocycles. The van der Waals surface area contributed by atoms with Crippen molar-refractivity contribution in [3.05, 3.63) is 24.3 Å². The highest BCUT2D eigenvalue weighted by Gasteiger charge is 2.33. The zero-order chi connectivity index (χ0) is 27.1. The summed E-state index contributed by atoms with van der Waals surface area (Å²) in [5.74, 6) is -1.28. The number of nitrogens with two attached hydrogens (primary N) is 2. The third kappa shape index (κ3) is 11.5. The lowest BCUT2D eigenvalue weighted by atomic mass is 9.72. The van der Waals surface area contributed by atoms with Gasteiger partial charge in [-0.25, -0.2) is 0 Å². The van der Waals surface area contributed by atoms with E-state index in [1.807, 2.05) is 0 Å². The number of carboxylic acid groups (broad SMARTS) is 2. The normalized spacial score (nSPS) is 36.1. The number of carbonyl (C=O) groups is 2. The predicted molar refractivity (Wildman–Crippen MR) is 150 cm³/mol. The molecule has 234 valence electrons. The van der Waals surface area contributed by atoms with Crippen molar-refractivity contribution in [2.24, 2.45) is 47.0 Å². The van der Waals surface area contributed by atoms with Crippen LogP contribution in [0.2, 0.25) is 0 Å². The van der Waals surface area contributed by atoms with Gasteiger partial charge in [-0.05, 0) is 106 Å². The molecule has 0 amide bonds. The summed E-state index contributed by atoms with van der Waals surface area (Å²) in [7, 11) is 0. The lowest BCUT2D eigenvalue weighted by molar-refractivity contribution is -0.140. The van der Waals surface area contributed by atoms with Crippen molar-refractivity contribution in [2.45, 2.75) is 101 Å². The number of aliphatic hydroxyl groups is 3. The molecule has 10 unspecified atom stereocenters. The molecule has 0 aromatic heterocycles. The molecule has 3 saturated carbocycles. The van der Waals surface area contributed by atoms with E-state index in [4.69, 9.17) is 11.5 Å². The Bertz CT molecular complexity index is 761. The monoisotopic (exact) mass is 576 g/mol. The van der Waals surface area contributed by atoms with E-state index in [-0.39, 0.29) is 51.9 Å². The molecule has 15 N–H and O–H groups in total. The molecule has 3 aliphatic carbocycles. The van der Waals surface area contributed by atoms with Crippen LogP contribution in [0.15, 0.2) is 24.3 Å². The standard InChI is InChI=1S/C28H46N2O7.3H2O/c29-25(27(34)35)14-20-12-22(31)7-5-18(20)3-1-16-9-17(11-24(33)10-16)2-4-19-6-8-23(32)13-21(19)15-26(30)28(36)37;;;/h1-4,16-26,31-33H,5-15,29-30H2,(H,34,35)(H,36,37);3*1H2/b3-1+,4-2+;;;. The van der Waals surface area contributed by atoms with Gasteiger partial charge in [0.25, 0.3) is 0 Å². The minimum absolute atomic E-state index is 0. The minimum atomic E-state index is -1.02. The summed E-state index contributed by atoms with van der Waals surface area (Å²) in [4.78, 5) is 22.5. The Labute approximate surface area is 236 Å². The van der Waals surface area contributed by atoms with E-state index in [1.165, 1.54) is 0 Å². The van der Waals surface area contributed by atoms with Gasteiger partial charge in [0.05, 0.1) is 18.3 Å². The lowest BCUT2D eigenvalue weighted by Crippen LogP contribution is -2.37. The van der Waals surface area contributed by atoms with E-state index >= 15 is 0 Å². The van der Waals surface area contributed by atoms with E-state index in [1.54, 1.807) is 0 Å². The van der Waals surface area contributed by atoms with Crippen LogP contribution < -0.4 is 11.5 Å². The Hall–Kier alpha value is -1.90. The van der Waals surface area contributed by atoms with Crippen LogP contribution in [0.3, 0.4) is 0 Å². The lowest BCUT2D eigenvalue weighted by Gasteiger charge is -2.35. The molecule has 10 atom stereocenters. The van der Waals surface area contributed by atoms with Crippen molar-refractivity contribution < 1.29 is 51.6 Å². The van der Waals surface area contributed by atoms with Crippen molar-refractivity contribution in [3.8, 4) is 0 Å². The van der Waals surface area contributed by atoms with Crippen molar-refractivity contribution in [1.82, 2.24) is 0 Å². The highest BCUT2D eigenvalue weighted by molar-refractivity contribution is 5.73. The number of aliphatic hydroxyl groups excluding tert-OH is 3. The van der Waals surface area contributed by atoms with Crippen molar-refractivity contribution >= 4 is 11.9 Å². The molecule has 0 spiro atoms. The maximum atomic E-state index is 11.2. The summed E-state index contributed by atoms with van der Waals surface area (Å²) in [5.41, 5.74) is 11.6. The SMILES string of the molecule is NC(CC1CC(O)CCC1/C=C/C1CC(O)CC(/C=C/C2CCC(O)CC2CC(N)C(=O)O)C1)C(=O)O.O.O.O. The fourth-order valence-electron chi connectivity index (χ4n) is 6.72. The fraction of sp³-hybridized carbons (Fsp3) is 0.786. The number of allylic oxidation sites excluding steroid dienone is 4. The number of aliphatic carboxylic acids is 2. The van der Waals surface area contributed by atoms with Gasteiger partial charge in [0.15, 0.2) is 0 Å². The van der Waals surface area contributed by atoms with Crippen LogP contribution in [0, 0.1) is 35.5 Å². The first-order valence-corrected chi connectivity index (χ1v) is 13.9. The molecular formula is C28H52N2O10. The molecule has 3 fully saturated rings. The van der Waals surface area contributed by atoms with Crippen LogP contribution in [0.25, 0.3) is 0 Å². The molecule has 0 saturated heterocycles. The van der Waals surface area contributed by atoms with Crippen LogP contribution in [0.5, 0.6) is 0 Å². The van der Waals surface area contributed by atoms with Gasteiger partial charge >= 0.3 is 11.9 Å². The average molecular weight is 577 g/mol. The Morgan fingerprint density at radius 3 is 1.32 bits per heavy atom. The first-order chi connectivity index (χ1) is 17.5. The summed E-state index contributed by atoms with van der Waals surface area (Å²) in [6, 6.07) is -1.88. The molecular weight excluding hydrogens is 524 g/mol. The Kier molecular flexibility index (Phi) is 17.0. The van der Waals surface area contributed by atoms with Crippen molar-refractivity contribution in [3.63, 3.8) is 0 Å². The first-order valence-electron chi connectivity index (χ1n) is 13.9. The van der Waals surface area contributed by atoms with E-state index in [2.05, 4.69) is 24.3 Å². The van der Waals surface area contributed by atoms with Crippen molar-refractivity contribution in [2.75, 3.05) is 0 Å². The summed E-state index contributed by atoms with van der Waals surface area (Å²) >= 11 is 0. The van der Waals surface area contributed by atoms with E-state index in [0.29, 0.717) is 51.4 Å². The van der Waals surface area contributed by atoms with Gasteiger partial charge in [0, 0.05) is 0 Å². The molecule has 12 heteroatoms. The van der Waals surface area contributed by atoms with Crippen LogP contribution in [-0.4, -0.2) is 84.3 Å². The number of hydrogen-bond acceptors (Lipinski definition) is 7. The number of hydrogen-bond donors (Lipinski definition) is 7. The van der Waals surface area contributed by atoms with Gasteiger partial charge in [0.1, 0.15) is 12.1 Å². The molecule has 0 bridgehead atoms. The molecule has 3 rings (SSSR count). The second-order valence-corrected chi connectivity index (χ2v) is 11.8. The molecule has 0 radical (unpaired) electrons. The topological polar surface area (TPSA) is 282 Å². The van der Waals surface area contributed by atoms with Gasteiger partial charge in [-0.2, -0.15) is 0 Å². The highest BCUT2D eigenvalue weighted by atomic mass is 16.4. The van der Waals surface area contributed by atoms with Gasteiger partial charge in [-0.15, -0.1) is 0 Å². The maximum Gasteiger partial charge on any atom is 0.320 e. The quantitative estimate of drug-likeness (QED) is 0.166. The van der Waals surface area contributed by atoms with Crippen molar-refractivity contribution in [1.29, 1.82) is 0 Å². The van der Waals surface area contributed by atoms with Gasteiger partial charge in [-0.1, -0.05) is 24.3 Å². The second kappa shape index (κ2) is 17.8. The van der Waals surface area contributed by atoms with Gasteiger partial charge in [0.2, 0.25) is 0 Å². The summed E-state index contributed by atoms with van der Waals surface area (Å²) in [6.07, 6.45) is 14.4. The molecule has 0 aromatic rings. The van der Waals surface area contributed by atoms with Crippen LogP contribution in [0.4, 0.5) is 0 Å². The Balaban J connectivity index is 0.00000507. The van der Waals surface area contributed by atoms with E-state index in [0.717, 1.165) is 19.3 Å². The third-order valence-electron chi connectivity index (χ3n) is 8.79. The molecule has 3 aliphatic rings. The van der Waals surface area contributed by atoms with E-state index in [9.17, 15) is 35.1 Å². The molecule has 12 nitrogen and oxygen atoms in total. The maximum absolute atomic E-state index is 11.2. The summed E-state index contributed by atoms with van der Waals surface area (Å²) in [6.45, 7) is 0. The zero-order valence-electron chi connectivity index (χ0n) is 23.1. The summed E-state index contributed by atoms with van der Waals surface area (Å²) < 4.78 is 0. The molecule has 0 heterocycles. The number of carboxylic acids is 2. The first kappa shape index (κ1) is 38.1. The van der Waals surface area contributed by atoms with Crippen LogP contribution in [0.1, 0.15) is 70.6 Å². The summed E-state index contributed by atoms with van der Waals surface area (Å²) in [5, 5.41) is 49.2. The third-order valence-corrected chi connectivity index (χ3v) is 8.79. The van der Waals surface area contributed by atoms with E-state index < -0.39 is 42.3 Å². The predicted octanol–water partition coefficient (Wildman–Crippen LogP) is -0.440. The highest BCUT2D eigenvalue weighted by Crippen LogP contribution is 2.38. The van der Waals surface area contributed by atoms with Gasteiger partial charge < -0.3 is 53.4 Å². The molecule has 40 heavy (non-hydrogen) atoms. The largest absolute Gasteiger partial charge is 0.480 e. The van der Waals surface area contributed by atoms with Crippen LogP contribution >= 0.6 is 0 Å². The molecule has 0 aromatic carbocycles. The fourth-order valence-corrected chi connectivity index (χ4v) is 6.72. The van der Waals surface area contributed by atoms with Gasteiger partial charge in [-0.3, -0.25) is 9.59 Å². The number of rotatable bonds is 10. The zero-order valence-corrected chi connectivity index (χ0v) is 23.1. The Morgan fingerprint density at radius 1 is 0.600 bits per heavy atom. The Morgan fingerprint density at radius 2 is 0.975 bits per heavy atom. The van der Waals surface area contributed by atoms with Crippen LogP contribution in [-0.2, 0) is 9.59 Å². The second-order valence-electron chi connectivity index (χ2n) is 11.8. The smallest absolute Gasteiger partial charge is 0.320 e. The average Bonchev–Trinajstić information content (AvgIpc) is 2.82.